The number of nitrogens with zero attached hydrogens (tertiary/aromatic N) is 4. The van der Waals surface area contributed by atoms with Crippen molar-refractivity contribution in [3.63, 3.8) is 0 Å². The van der Waals surface area contributed by atoms with E-state index >= 15 is 0 Å². The number of para-hydroxylation sites is 1. The zero-order valence-corrected chi connectivity index (χ0v) is 16.9. The van der Waals surface area contributed by atoms with Crippen LogP contribution in [0.25, 0.3) is 5.69 Å². The average Bonchev–Trinajstić information content (AvgIpc) is 3.09. The van der Waals surface area contributed by atoms with Crippen LogP contribution < -0.4 is 0 Å². The second kappa shape index (κ2) is 8.35. The molecule has 2 aromatic carbocycles. The topological polar surface area (TPSA) is 41.4 Å². The monoisotopic (exact) mass is 412 g/mol. The Hall–Kier alpha value is -2.70. The van der Waals surface area contributed by atoms with E-state index < -0.39 is 0 Å². The normalized spacial score (nSPS) is 14.9. The Morgan fingerprint density at radius 2 is 1.86 bits per heavy atom. The van der Waals surface area contributed by atoms with E-state index in [1.54, 1.807) is 25.1 Å². The summed E-state index contributed by atoms with van der Waals surface area (Å²) in [6, 6.07) is 14.3. The zero-order valence-electron chi connectivity index (χ0n) is 16.2. The van der Waals surface area contributed by atoms with E-state index in [4.69, 9.17) is 11.6 Å². The lowest BCUT2D eigenvalue weighted by atomic mass is 10.1. The minimum atomic E-state index is -0.368. The smallest absolute Gasteiger partial charge is 0.257 e. The van der Waals surface area contributed by atoms with Gasteiger partial charge in [0.25, 0.3) is 5.91 Å². The molecule has 2 heterocycles. The Kier molecular flexibility index (Phi) is 5.65. The lowest BCUT2D eigenvalue weighted by Crippen LogP contribution is -2.48. The highest BCUT2D eigenvalue weighted by Crippen LogP contribution is 2.19. The molecule has 0 unspecified atom stereocenters. The Balaban J connectivity index is 1.42. The van der Waals surface area contributed by atoms with Crippen molar-refractivity contribution >= 4 is 17.5 Å². The van der Waals surface area contributed by atoms with Crippen molar-refractivity contribution < 1.29 is 9.18 Å². The standard InChI is InChI=1S/C22H22ClFN4O/c1-16-19(14-25-28(16)21-8-3-2-7-20(21)24)22(29)27-11-9-26(10-12-27)15-17-5-4-6-18(23)13-17/h2-8,13-14H,9-12,15H2,1H3. The molecular weight excluding hydrogens is 391 g/mol. The summed E-state index contributed by atoms with van der Waals surface area (Å²) in [7, 11) is 0. The Labute approximate surface area is 174 Å². The van der Waals surface area contributed by atoms with Crippen molar-refractivity contribution in [3.05, 3.63) is 82.4 Å². The largest absolute Gasteiger partial charge is 0.336 e. The van der Waals surface area contributed by atoms with Gasteiger partial charge in [-0.3, -0.25) is 9.69 Å². The first-order chi connectivity index (χ1) is 14.0. The fourth-order valence-electron chi connectivity index (χ4n) is 3.66. The minimum Gasteiger partial charge on any atom is -0.336 e. The molecule has 4 rings (SSSR count). The van der Waals surface area contributed by atoms with Gasteiger partial charge in [0, 0.05) is 37.7 Å². The molecular formula is C22H22ClFN4O. The predicted molar refractivity (Wildman–Crippen MR) is 111 cm³/mol. The molecule has 7 heteroatoms. The summed E-state index contributed by atoms with van der Waals surface area (Å²) in [5.74, 6) is -0.431. The maximum Gasteiger partial charge on any atom is 0.257 e. The minimum absolute atomic E-state index is 0.0625. The van der Waals surface area contributed by atoms with Gasteiger partial charge in [-0.1, -0.05) is 35.9 Å². The summed E-state index contributed by atoms with van der Waals surface area (Å²) >= 11 is 6.06. The van der Waals surface area contributed by atoms with Crippen LogP contribution in [0.3, 0.4) is 0 Å². The summed E-state index contributed by atoms with van der Waals surface area (Å²) in [4.78, 5) is 17.2. The van der Waals surface area contributed by atoms with Crippen LogP contribution in [0.2, 0.25) is 5.02 Å². The molecule has 1 saturated heterocycles. The highest BCUT2D eigenvalue weighted by atomic mass is 35.5. The van der Waals surface area contributed by atoms with Crippen LogP contribution in [0.4, 0.5) is 4.39 Å². The highest BCUT2D eigenvalue weighted by molar-refractivity contribution is 6.30. The Bertz CT molecular complexity index is 1030. The molecule has 1 aliphatic rings. The summed E-state index contributed by atoms with van der Waals surface area (Å²) in [6.45, 7) is 5.47. The van der Waals surface area contributed by atoms with Crippen LogP contribution in [0.5, 0.6) is 0 Å². The molecule has 0 atom stereocenters. The number of halogens is 2. The van der Waals surface area contributed by atoms with E-state index in [0.717, 1.165) is 24.7 Å². The van der Waals surface area contributed by atoms with Crippen LogP contribution in [-0.4, -0.2) is 51.7 Å². The van der Waals surface area contributed by atoms with E-state index in [1.165, 1.54) is 22.5 Å². The van der Waals surface area contributed by atoms with Crippen LogP contribution >= 0.6 is 11.6 Å². The molecule has 0 N–H and O–H groups in total. The number of carbonyl (C=O) groups is 1. The van der Waals surface area contributed by atoms with Gasteiger partial charge in [0.2, 0.25) is 0 Å². The van der Waals surface area contributed by atoms with Gasteiger partial charge in [0.1, 0.15) is 11.5 Å². The molecule has 150 valence electrons. The molecule has 3 aromatic rings. The van der Waals surface area contributed by atoms with Crippen molar-refractivity contribution in [2.24, 2.45) is 0 Å². The molecule has 0 spiro atoms. The van der Waals surface area contributed by atoms with Gasteiger partial charge in [-0.25, -0.2) is 9.07 Å². The number of benzene rings is 2. The molecule has 0 bridgehead atoms. The lowest BCUT2D eigenvalue weighted by molar-refractivity contribution is 0.0627. The summed E-state index contributed by atoms with van der Waals surface area (Å²) < 4.78 is 15.6. The number of rotatable bonds is 4. The molecule has 5 nitrogen and oxygen atoms in total. The first kappa shape index (κ1) is 19.6. The van der Waals surface area contributed by atoms with E-state index in [2.05, 4.69) is 16.1 Å². The molecule has 0 aliphatic carbocycles. The predicted octanol–water partition coefficient (Wildman–Crippen LogP) is 3.93. The fourth-order valence-corrected chi connectivity index (χ4v) is 3.87. The second-order valence-corrected chi connectivity index (χ2v) is 7.64. The van der Waals surface area contributed by atoms with Crippen molar-refractivity contribution in [3.8, 4) is 5.69 Å². The van der Waals surface area contributed by atoms with Crippen LogP contribution in [-0.2, 0) is 6.54 Å². The third-order valence-electron chi connectivity index (χ3n) is 5.28. The van der Waals surface area contributed by atoms with Gasteiger partial charge in [0.15, 0.2) is 0 Å². The van der Waals surface area contributed by atoms with Crippen LogP contribution in [0.1, 0.15) is 21.6 Å². The van der Waals surface area contributed by atoms with Crippen molar-refractivity contribution in [1.29, 1.82) is 0 Å². The Morgan fingerprint density at radius 3 is 2.59 bits per heavy atom. The number of aromatic nitrogens is 2. The summed E-state index contributed by atoms with van der Waals surface area (Å²) in [6.07, 6.45) is 1.53. The fraction of sp³-hybridized carbons (Fsp3) is 0.273. The van der Waals surface area contributed by atoms with Gasteiger partial charge >= 0.3 is 0 Å². The number of piperazine rings is 1. The first-order valence-electron chi connectivity index (χ1n) is 9.58. The van der Waals surface area contributed by atoms with Crippen molar-refractivity contribution in [1.82, 2.24) is 19.6 Å². The third kappa shape index (κ3) is 4.18. The van der Waals surface area contributed by atoms with E-state index in [-0.39, 0.29) is 11.7 Å². The van der Waals surface area contributed by atoms with Crippen molar-refractivity contribution in [2.75, 3.05) is 26.2 Å². The molecule has 29 heavy (non-hydrogen) atoms. The third-order valence-corrected chi connectivity index (χ3v) is 5.51. The molecule has 1 aliphatic heterocycles. The van der Waals surface area contributed by atoms with Gasteiger partial charge in [0.05, 0.1) is 17.5 Å². The second-order valence-electron chi connectivity index (χ2n) is 7.21. The molecule has 0 radical (unpaired) electrons. The molecule has 1 aromatic heterocycles. The average molecular weight is 413 g/mol. The zero-order chi connectivity index (χ0) is 20.4. The summed E-state index contributed by atoms with van der Waals surface area (Å²) in [5.41, 5.74) is 2.66. The van der Waals surface area contributed by atoms with E-state index in [0.29, 0.717) is 30.0 Å². The SMILES string of the molecule is Cc1c(C(=O)N2CCN(Cc3cccc(Cl)c3)CC2)cnn1-c1ccccc1F. The van der Waals surface area contributed by atoms with Crippen molar-refractivity contribution in [2.45, 2.75) is 13.5 Å². The number of amides is 1. The lowest BCUT2D eigenvalue weighted by Gasteiger charge is -2.34. The maximum atomic E-state index is 14.1. The first-order valence-corrected chi connectivity index (χ1v) is 9.96. The van der Waals surface area contributed by atoms with Gasteiger partial charge < -0.3 is 4.90 Å². The molecule has 1 fully saturated rings. The van der Waals surface area contributed by atoms with E-state index in [9.17, 15) is 9.18 Å². The van der Waals surface area contributed by atoms with Crippen LogP contribution in [0, 0.1) is 12.7 Å². The highest BCUT2D eigenvalue weighted by Gasteiger charge is 2.25. The van der Waals surface area contributed by atoms with Gasteiger partial charge in [-0.15, -0.1) is 0 Å². The molecule has 1 amide bonds. The van der Waals surface area contributed by atoms with Gasteiger partial charge in [-0.05, 0) is 36.8 Å². The van der Waals surface area contributed by atoms with E-state index in [1.807, 2.05) is 23.1 Å². The summed E-state index contributed by atoms with van der Waals surface area (Å²) in [5, 5.41) is 4.98. The quantitative estimate of drug-likeness (QED) is 0.652. The maximum absolute atomic E-state index is 14.1. The number of hydrogen-bond acceptors (Lipinski definition) is 3. The Morgan fingerprint density at radius 1 is 1.10 bits per heavy atom. The van der Waals surface area contributed by atoms with Gasteiger partial charge in [-0.2, -0.15) is 5.10 Å². The number of hydrogen-bond donors (Lipinski definition) is 0. The molecule has 0 saturated carbocycles. The number of carbonyl (C=O) groups excluding carboxylic acids is 1. The van der Waals surface area contributed by atoms with Crippen LogP contribution in [0.15, 0.2) is 54.7 Å².